The fourth-order valence-corrected chi connectivity index (χ4v) is 4.27. The van der Waals surface area contributed by atoms with Crippen molar-refractivity contribution in [1.82, 2.24) is 9.88 Å². The number of nitrogens with one attached hydrogen (secondary N) is 3. The molecule has 2 heterocycles. The number of hydrogen-bond donors (Lipinski definition) is 4. The zero-order valence-corrected chi connectivity index (χ0v) is 18.2. The number of aromatic nitrogens is 1. The van der Waals surface area contributed by atoms with Crippen molar-refractivity contribution >= 4 is 33.2 Å². The lowest BCUT2D eigenvalue weighted by Crippen LogP contribution is -2.38. The zero-order valence-electron chi connectivity index (χ0n) is 17.4. The highest BCUT2D eigenvalue weighted by molar-refractivity contribution is 7.92. The summed E-state index contributed by atoms with van der Waals surface area (Å²) in [6, 6.07) is 10.3. The second-order valence-electron chi connectivity index (χ2n) is 7.07. The summed E-state index contributed by atoms with van der Waals surface area (Å²) in [4.78, 5) is 17.6. The molecule has 2 aromatic carbocycles. The molecule has 10 nitrogen and oxygen atoms in total. The van der Waals surface area contributed by atoms with Crippen LogP contribution < -0.4 is 20.3 Å². The topological polar surface area (TPSA) is 133 Å². The highest BCUT2D eigenvalue weighted by Gasteiger charge is 2.25. The van der Waals surface area contributed by atoms with E-state index in [1.807, 2.05) is 12.4 Å². The first-order valence-corrected chi connectivity index (χ1v) is 11.3. The minimum absolute atomic E-state index is 0.00499. The predicted molar refractivity (Wildman–Crippen MR) is 118 cm³/mol. The number of benzene rings is 2. The van der Waals surface area contributed by atoms with Gasteiger partial charge in [-0.3, -0.25) is 20.7 Å². The SMILES string of the molecule is CCN1Cc2c(Oc3ccc(NS(=O)(=O)c4ccc(NO)cc4)cc3F)ccnc2NC1=O. The smallest absolute Gasteiger partial charge is 0.323 e. The van der Waals surface area contributed by atoms with Crippen LogP contribution in [0.4, 0.5) is 26.4 Å². The Kier molecular flexibility index (Phi) is 6.03. The van der Waals surface area contributed by atoms with Crippen LogP contribution in [0.2, 0.25) is 0 Å². The quantitative estimate of drug-likeness (QED) is 0.382. The molecule has 0 spiro atoms. The van der Waals surface area contributed by atoms with Gasteiger partial charge in [-0.2, -0.15) is 0 Å². The molecule has 0 bridgehead atoms. The van der Waals surface area contributed by atoms with Gasteiger partial charge in [0.1, 0.15) is 11.6 Å². The Labute approximate surface area is 189 Å². The summed E-state index contributed by atoms with van der Waals surface area (Å²) in [6.45, 7) is 2.56. The van der Waals surface area contributed by atoms with Gasteiger partial charge >= 0.3 is 6.03 Å². The summed E-state index contributed by atoms with van der Waals surface area (Å²) in [6.07, 6.45) is 1.44. The summed E-state index contributed by atoms with van der Waals surface area (Å²) < 4.78 is 47.9. The number of halogens is 1. The zero-order chi connectivity index (χ0) is 23.6. The van der Waals surface area contributed by atoms with E-state index in [-0.39, 0.29) is 28.9 Å². The van der Waals surface area contributed by atoms with Crippen LogP contribution in [0.5, 0.6) is 11.5 Å². The van der Waals surface area contributed by atoms with Gasteiger partial charge in [0.2, 0.25) is 0 Å². The molecule has 4 rings (SSSR count). The molecule has 2 amide bonds. The third-order valence-corrected chi connectivity index (χ3v) is 6.35. The van der Waals surface area contributed by atoms with Crippen molar-refractivity contribution in [3.8, 4) is 11.5 Å². The minimum Gasteiger partial charge on any atom is -0.454 e. The molecular weight excluding hydrogens is 453 g/mol. The molecule has 0 aliphatic carbocycles. The van der Waals surface area contributed by atoms with Crippen LogP contribution in [0.1, 0.15) is 12.5 Å². The highest BCUT2D eigenvalue weighted by atomic mass is 32.2. The Morgan fingerprint density at radius 1 is 1.15 bits per heavy atom. The summed E-state index contributed by atoms with van der Waals surface area (Å²) >= 11 is 0. The van der Waals surface area contributed by atoms with Crippen molar-refractivity contribution in [2.24, 2.45) is 0 Å². The lowest BCUT2D eigenvalue weighted by atomic mass is 10.2. The summed E-state index contributed by atoms with van der Waals surface area (Å²) in [5, 5.41) is 11.5. The Morgan fingerprint density at radius 2 is 1.88 bits per heavy atom. The molecule has 0 unspecified atom stereocenters. The van der Waals surface area contributed by atoms with Gasteiger partial charge < -0.3 is 9.64 Å². The van der Waals surface area contributed by atoms with Crippen LogP contribution >= 0.6 is 0 Å². The van der Waals surface area contributed by atoms with Gasteiger partial charge in [-0.05, 0) is 49.4 Å². The number of anilines is 3. The summed E-state index contributed by atoms with van der Waals surface area (Å²) in [7, 11) is -3.97. The van der Waals surface area contributed by atoms with Gasteiger partial charge in [-0.15, -0.1) is 0 Å². The van der Waals surface area contributed by atoms with Crippen molar-refractivity contribution in [2.45, 2.75) is 18.4 Å². The summed E-state index contributed by atoms with van der Waals surface area (Å²) in [5.41, 5.74) is 2.84. The lowest BCUT2D eigenvalue weighted by Gasteiger charge is -2.28. The van der Waals surface area contributed by atoms with E-state index in [1.165, 1.54) is 42.6 Å². The second-order valence-corrected chi connectivity index (χ2v) is 8.75. The summed E-state index contributed by atoms with van der Waals surface area (Å²) in [5.74, 6) is -0.241. The van der Waals surface area contributed by atoms with Crippen molar-refractivity contribution in [1.29, 1.82) is 0 Å². The number of ether oxygens (including phenoxy) is 1. The molecule has 1 aliphatic heterocycles. The monoisotopic (exact) mass is 473 g/mol. The highest BCUT2D eigenvalue weighted by Crippen LogP contribution is 2.34. The van der Waals surface area contributed by atoms with Crippen molar-refractivity contribution in [3.05, 3.63) is 66.1 Å². The van der Waals surface area contributed by atoms with Crippen LogP contribution in [0.25, 0.3) is 0 Å². The number of sulfonamides is 1. The molecule has 0 atom stereocenters. The Bertz CT molecular complexity index is 1300. The Hall–Kier alpha value is -3.90. The number of urea groups is 1. The third-order valence-electron chi connectivity index (χ3n) is 4.95. The van der Waals surface area contributed by atoms with Gasteiger partial charge in [0.05, 0.1) is 28.4 Å². The second kappa shape index (κ2) is 8.92. The molecule has 0 fully saturated rings. The standard InChI is InChI=1S/C21H20FN5O5S/c1-2-27-12-16-18(9-10-23-20(16)24-21(27)28)32-19-8-5-14(11-17(19)22)26-33(30,31)15-6-3-13(25-29)4-7-15/h3-11,25-26,29H,2,12H2,1H3,(H,23,24,28). The number of nitrogens with zero attached hydrogens (tertiary/aromatic N) is 2. The molecule has 0 saturated carbocycles. The number of carbonyl (C=O) groups excluding carboxylic acids is 1. The normalized spacial score (nSPS) is 13.2. The number of amides is 2. The maximum absolute atomic E-state index is 14.8. The van der Waals surface area contributed by atoms with E-state index in [2.05, 4.69) is 15.0 Å². The van der Waals surface area contributed by atoms with Crippen LogP contribution in [0, 0.1) is 5.82 Å². The lowest BCUT2D eigenvalue weighted by molar-refractivity contribution is 0.209. The molecule has 0 radical (unpaired) electrons. The maximum Gasteiger partial charge on any atom is 0.323 e. The van der Waals surface area contributed by atoms with Crippen LogP contribution in [0.3, 0.4) is 0 Å². The molecule has 0 saturated heterocycles. The fourth-order valence-electron chi connectivity index (χ4n) is 3.22. The van der Waals surface area contributed by atoms with Gasteiger partial charge in [-0.1, -0.05) is 0 Å². The molecule has 33 heavy (non-hydrogen) atoms. The number of rotatable bonds is 7. The van der Waals surface area contributed by atoms with E-state index in [4.69, 9.17) is 9.94 Å². The van der Waals surface area contributed by atoms with Gasteiger partial charge in [0.15, 0.2) is 11.6 Å². The number of fused-ring (bicyclic) bond motifs is 1. The number of carbonyl (C=O) groups is 1. The molecule has 1 aliphatic rings. The van der Waals surface area contributed by atoms with E-state index >= 15 is 0 Å². The first kappa shape index (κ1) is 22.3. The van der Waals surface area contributed by atoms with Crippen LogP contribution in [0.15, 0.2) is 59.6 Å². The molecule has 1 aromatic heterocycles. The molecular formula is C21H20FN5O5S. The molecule has 172 valence electrons. The van der Waals surface area contributed by atoms with Crippen molar-refractivity contribution < 1.29 is 27.5 Å². The molecule has 4 N–H and O–H groups in total. The largest absolute Gasteiger partial charge is 0.454 e. The average molecular weight is 473 g/mol. The predicted octanol–water partition coefficient (Wildman–Crippen LogP) is 3.98. The van der Waals surface area contributed by atoms with E-state index in [1.54, 1.807) is 11.0 Å². The van der Waals surface area contributed by atoms with Crippen molar-refractivity contribution in [3.63, 3.8) is 0 Å². The van der Waals surface area contributed by atoms with Gasteiger partial charge in [0, 0.05) is 18.8 Å². The Morgan fingerprint density at radius 3 is 2.55 bits per heavy atom. The van der Waals surface area contributed by atoms with Crippen LogP contribution in [-0.2, 0) is 16.6 Å². The maximum atomic E-state index is 14.8. The van der Waals surface area contributed by atoms with Crippen molar-refractivity contribution in [2.75, 3.05) is 22.1 Å². The van der Waals surface area contributed by atoms with E-state index in [0.717, 1.165) is 6.07 Å². The fraction of sp³-hybridized carbons (Fsp3) is 0.143. The number of hydrogen-bond acceptors (Lipinski definition) is 7. The first-order chi connectivity index (χ1) is 15.8. The Balaban J connectivity index is 1.54. The van der Waals surface area contributed by atoms with Crippen LogP contribution in [-0.4, -0.2) is 36.1 Å². The van der Waals surface area contributed by atoms with E-state index in [9.17, 15) is 17.6 Å². The van der Waals surface area contributed by atoms with Gasteiger partial charge in [-0.25, -0.2) is 22.6 Å². The minimum atomic E-state index is -3.97. The third kappa shape index (κ3) is 4.66. The average Bonchev–Trinajstić information content (AvgIpc) is 2.80. The number of pyridine rings is 1. The first-order valence-electron chi connectivity index (χ1n) is 9.85. The molecule has 3 aromatic rings. The molecule has 12 heteroatoms. The van der Waals surface area contributed by atoms with E-state index < -0.39 is 15.8 Å². The van der Waals surface area contributed by atoms with Gasteiger partial charge in [0.25, 0.3) is 10.0 Å². The van der Waals surface area contributed by atoms with E-state index in [0.29, 0.717) is 29.4 Å².